The van der Waals surface area contributed by atoms with Gasteiger partial charge in [0.05, 0.1) is 30.7 Å². The summed E-state index contributed by atoms with van der Waals surface area (Å²) >= 11 is 0. The average Bonchev–Trinajstić information content (AvgIpc) is 2.98. The van der Waals surface area contributed by atoms with Gasteiger partial charge in [0.15, 0.2) is 5.78 Å². The van der Waals surface area contributed by atoms with Gasteiger partial charge < -0.3 is 14.5 Å². The highest BCUT2D eigenvalue weighted by molar-refractivity contribution is 6.13. The Kier molecular flexibility index (Phi) is 3.59. The number of carbonyl (C=O) groups is 1. The van der Waals surface area contributed by atoms with Crippen LogP contribution in [-0.4, -0.2) is 25.0 Å². The molecule has 2 aromatic carbocycles. The first-order valence-electron chi connectivity index (χ1n) is 6.99. The van der Waals surface area contributed by atoms with Gasteiger partial charge in [-0.15, -0.1) is 0 Å². The molecule has 0 aliphatic heterocycles. The van der Waals surface area contributed by atoms with E-state index in [2.05, 4.69) is 4.98 Å². The molecule has 0 fully saturated rings. The number of aromatic amines is 1. The highest BCUT2D eigenvalue weighted by Gasteiger charge is 2.21. The summed E-state index contributed by atoms with van der Waals surface area (Å²) in [6, 6.07) is 11.8. The van der Waals surface area contributed by atoms with Gasteiger partial charge in [-0.2, -0.15) is 0 Å². The molecule has 0 saturated carbocycles. The number of fused-ring (bicyclic) bond motifs is 1. The van der Waals surface area contributed by atoms with Crippen molar-refractivity contribution in [3.8, 4) is 22.6 Å². The van der Waals surface area contributed by atoms with Crippen molar-refractivity contribution in [1.82, 2.24) is 4.98 Å². The molecular formula is C18H17NO3. The van der Waals surface area contributed by atoms with Crippen molar-refractivity contribution in [3.63, 3.8) is 0 Å². The summed E-state index contributed by atoms with van der Waals surface area (Å²) in [6.45, 7) is 1.53. The van der Waals surface area contributed by atoms with E-state index in [0.717, 1.165) is 22.0 Å². The fraction of sp³-hybridized carbons (Fsp3) is 0.167. The van der Waals surface area contributed by atoms with Crippen LogP contribution < -0.4 is 9.47 Å². The van der Waals surface area contributed by atoms with Crippen LogP contribution >= 0.6 is 0 Å². The first-order chi connectivity index (χ1) is 10.7. The van der Waals surface area contributed by atoms with Gasteiger partial charge in [-0.05, 0) is 12.5 Å². The largest absolute Gasteiger partial charge is 0.496 e. The number of hydrogen-bond acceptors (Lipinski definition) is 3. The first kappa shape index (κ1) is 14.2. The zero-order chi connectivity index (χ0) is 15.7. The van der Waals surface area contributed by atoms with Crippen LogP contribution in [0.15, 0.2) is 42.6 Å². The molecule has 3 aromatic rings. The first-order valence-corrected chi connectivity index (χ1v) is 6.99. The van der Waals surface area contributed by atoms with Crippen molar-refractivity contribution in [2.75, 3.05) is 14.2 Å². The van der Waals surface area contributed by atoms with Crippen molar-refractivity contribution in [1.29, 1.82) is 0 Å². The Balaban J connectivity index is 2.39. The molecule has 0 saturated heterocycles. The number of ketones is 1. The smallest absolute Gasteiger partial charge is 0.165 e. The summed E-state index contributed by atoms with van der Waals surface area (Å²) in [5.41, 5.74) is 3.34. The molecule has 0 amide bonds. The fourth-order valence-electron chi connectivity index (χ4n) is 2.78. The molecule has 0 aliphatic rings. The summed E-state index contributed by atoms with van der Waals surface area (Å²) in [5.74, 6) is 1.14. The zero-order valence-corrected chi connectivity index (χ0v) is 12.8. The Hall–Kier alpha value is -2.75. The second-order valence-corrected chi connectivity index (χ2v) is 5.03. The van der Waals surface area contributed by atoms with E-state index in [1.165, 1.54) is 6.92 Å². The number of aromatic nitrogens is 1. The summed E-state index contributed by atoms with van der Waals surface area (Å²) in [4.78, 5) is 15.2. The average molecular weight is 295 g/mol. The number of Topliss-reactive ketones (excluding diaryl/α,β-unsaturated/α-hetero) is 1. The molecule has 1 N–H and O–H groups in total. The van der Waals surface area contributed by atoms with Crippen LogP contribution in [0.1, 0.15) is 17.3 Å². The van der Waals surface area contributed by atoms with Gasteiger partial charge in [0, 0.05) is 17.8 Å². The number of ether oxygens (including phenoxy) is 2. The van der Waals surface area contributed by atoms with Gasteiger partial charge in [0.2, 0.25) is 0 Å². The number of carbonyl (C=O) groups excluding carboxylic acids is 1. The lowest BCUT2D eigenvalue weighted by atomic mass is 10.00. The molecular weight excluding hydrogens is 278 g/mol. The van der Waals surface area contributed by atoms with E-state index in [0.29, 0.717) is 17.1 Å². The van der Waals surface area contributed by atoms with Crippen molar-refractivity contribution >= 4 is 16.7 Å². The summed E-state index contributed by atoms with van der Waals surface area (Å²) in [5, 5.41) is 0.889. The Morgan fingerprint density at radius 1 is 1.05 bits per heavy atom. The van der Waals surface area contributed by atoms with E-state index in [-0.39, 0.29) is 5.78 Å². The predicted molar refractivity (Wildman–Crippen MR) is 86.8 cm³/mol. The molecule has 1 aromatic heterocycles. The Labute approximate surface area is 128 Å². The Bertz CT molecular complexity index is 834. The van der Waals surface area contributed by atoms with Gasteiger partial charge in [0.25, 0.3) is 0 Å². The highest BCUT2D eigenvalue weighted by atomic mass is 16.5. The minimum Gasteiger partial charge on any atom is -0.496 e. The van der Waals surface area contributed by atoms with Crippen LogP contribution in [0.5, 0.6) is 11.5 Å². The standard InChI is InChI=1S/C18H17NO3/c1-11(20)16-14(21-2)9-15(22-3)17-13(10-19-18(16)17)12-7-5-4-6-8-12/h4-10,19H,1-3H3. The minimum absolute atomic E-state index is 0.0500. The molecule has 0 spiro atoms. The second-order valence-electron chi connectivity index (χ2n) is 5.03. The number of H-pyrrole nitrogens is 1. The summed E-state index contributed by atoms with van der Waals surface area (Å²) in [6.07, 6.45) is 1.90. The second kappa shape index (κ2) is 5.56. The third-order valence-electron chi connectivity index (χ3n) is 3.76. The van der Waals surface area contributed by atoms with Crippen LogP contribution in [0.25, 0.3) is 22.0 Å². The summed E-state index contributed by atoms with van der Waals surface area (Å²) < 4.78 is 10.9. The molecule has 22 heavy (non-hydrogen) atoms. The Morgan fingerprint density at radius 3 is 2.32 bits per heavy atom. The van der Waals surface area contributed by atoms with Crippen molar-refractivity contribution in [2.24, 2.45) is 0 Å². The highest BCUT2D eigenvalue weighted by Crippen LogP contribution is 2.41. The summed E-state index contributed by atoms with van der Waals surface area (Å²) in [7, 11) is 3.16. The van der Waals surface area contributed by atoms with Gasteiger partial charge in [-0.25, -0.2) is 0 Å². The van der Waals surface area contributed by atoms with Crippen LogP contribution in [0.4, 0.5) is 0 Å². The molecule has 0 aliphatic carbocycles. The van der Waals surface area contributed by atoms with Gasteiger partial charge in [0.1, 0.15) is 11.5 Å². The van der Waals surface area contributed by atoms with Crippen molar-refractivity contribution in [2.45, 2.75) is 6.92 Å². The van der Waals surface area contributed by atoms with E-state index in [4.69, 9.17) is 9.47 Å². The maximum Gasteiger partial charge on any atom is 0.165 e. The Morgan fingerprint density at radius 2 is 1.73 bits per heavy atom. The fourth-order valence-corrected chi connectivity index (χ4v) is 2.78. The lowest BCUT2D eigenvalue weighted by Gasteiger charge is -2.12. The molecule has 0 unspecified atom stereocenters. The van der Waals surface area contributed by atoms with E-state index in [9.17, 15) is 4.79 Å². The third kappa shape index (κ3) is 2.13. The van der Waals surface area contributed by atoms with Crippen molar-refractivity contribution in [3.05, 3.63) is 48.2 Å². The van der Waals surface area contributed by atoms with E-state index in [1.807, 2.05) is 36.5 Å². The molecule has 112 valence electrons. The molecule has 4 heteroatoms. The number of rotatable bonds is 4. The van der Waals surface area contributed by atoms with Crippen molar-refractivity contribution < 1.29 is 14.3 Å². The number of hydrogen-bond donors (Lipinski definition) is 1. The third-order valence-corrected chi connectivity index (χ3v) is 3.76. The van der Waals surface area contributed by atoms with Gasteiger partial charge in [-0.1, -0.05) is 30.3 Å². The van der Waals surface area contributed by atoms with E-state index >= 15 is 0 Å². The maximum absolute atomic E-state index is 12.0. The lowest BCUT2D eigenvalue weighted by molar-refractivity contribution is 0.101. The molecule has 0 radical (unpaired) electrons. The van der Waals surface area contributed by atoms with Crippen LogP contribution in [0.3, 0.4) is 0 Å². The maximum atomic E-state index is 12.0. The van der Waals surface area contributed by atoms with Gasteiger partial charge >= 0.3 is 0 Å². The van der Waals surface area contributed by atoms with E-state index in [1.54, 1.807) is 20.3 Å². The topological polar surface area (TPSA) is 51.3 Å². The molecule has 3 rings (SSSR count). The lowest BCUT2D eigenvalue weighted by Crippen LogP contribution is -2.00. The minimum atomic E-state index is -0.0500. The monoisotopic (exact) mass is 295 g/mol. The number of nitrogens with one attached hydrogen (secondary N) is 1. The zero-order valence-electron chi connectivity index (χ0n) is 12.8. The quantitative estimate of drug-likeness (QED) is 0.739. The molecule has 0 atom stereocenters. The SMILES string of the molecule is COc1cc(OC)c2c(-c3ccccc3)c[nH]c2c1C(C)=O. The number of methoxy groups -OCH3 is 2. The van der Waals surface area contributed by atoms with E-state index < -0.39 is 0 Å². The van der Waals surface area contributed by atoms with Crippen LogP contribution in [0, 0.1) is 0 Å². The van der Waals surface area contributed by atoms with Crippen LogP contribution in [-0.2, 0) is 0 Å². The normalized spacial score (nSPS) is 10.7. The molecule has 0 bridgehead atoms. The molecule has 4 nitrogen and oxygen atoms in total. The van der Waals surface area contributed by atoms with Gasteiger partial charge in [-0.3, -0.25) is 4.79 Å². The van der Waals surface area contributed by atoms with Crippen LogP contribution in [0.2, 0.25) is 0 Å². The number of benzene rings is 2. The molecule has 1 heterocycles. The predicted octanol–water partition coefficient (Wildman–Crippen LogP) is 4.05.